The second-order valence-electron chi connectivity index (χ2n) is 4.78. The number of carboxylic acids is 1. The highest BCUT2D eigenvalue weighted by molar-refractivity contribution is 5.90. The van der Waals surface area contributed by atoms with Crippen molar-refractivity contribution in [1.82, 2.24) is 10.2 Å². The quantitative estimate of drug-likeness (QED) is 0.823. The van der Waals surface area contributed by atoms with Gasteiger partial charge in [0.2, 0.25) is 0 Å². The van der Waals surface area contributed by atoms with Gasteiger partial charge in [-0.2, -0.15) is 5.10 Å². The van der Waals surface area contributed by atoms with Crippen molar-refractivity contribution in [2.24, 2.45) is 0 Å². The topological polar surface area (TPSA) is 75.2 Å². The molecule has 5 nitrogen and oxygen atoms in total. The number of aromatic amines is 1. The van der Waals surface area contributed by atoms with Crippen LogP contribution in [0.2, 0.25) is 0 Å². The Bertz CT molecular complexity index is 674. The molecular weight excluding hydrogens is 244 g/mol. The minimum absolute atomic E-state index is 0.159. The molecule has 0 radical (unpaired) electrons. The minimum atomic E-state index is -0.984. The summed E-state index contributed by atoms with van der Waals surface area (Å²) in [5.74, 6) is -0.207. The molecule has 2 N–H and O–H groups in total. The first-order valence-electron chi connectivity index (χ1n) is 6.13. The summed E-state index contributed by atoms with van der Waals surface area (Å²) in [6, 6.07) is 4.01. The number of H-pyrrole nitrogens is 1. The Kier molecular flexibility index (Phi) is 2.55. The number of carboxylic acid groups (broad SMARTS) is 1. The Morgan fingerprint density at radius 1 is 1.42 bits per heavy atom. The van der Waals surface area contributed by atoms with Gasteiger partial charge in [0.25, 0.3) is 0 Å². The predicted octanol–water partition coefficient (Wildman–Crippen LogP) is 2.33. The van der Waals surface area contributed by atoms with Crippen molar-refractivity contribution in [3.05, 3.63) is 34.5 Å². The predicted molar refractivity (Wildman–Crippen MR) is 69.7 cm³/mol. The molecule has 2 heterocycles. The molecule has 1 aliphatic rings. The Balaban J connectivity index is 2.28. The summed E-state index contributed by atoms with van der Waals surface area (Å²) in [7, 11) is 0. The Morgan fingerprint density at radius 2 is 2.21 bits per heavy atom. The summed E-state index contributed by atoms with van der Waals surface area (Å²) < 4.78 is 5.74. The summed E-state index contributed by atoms with van der Waals surface area (Å²) in [5, 5.41) is 16.0. The fourth-order valence-corrected chi connectivity index (χ4v) is 2.60. The fraction of sp³-hybridized carbons (Fsp3) is 0.286. The van der Waals surface area contributed by atoms with E-state index < -0.39 is 5.97 Å². The summed E-state index contributed by atoms with van der Waals surface area (Å²) >= 11 is 0. The maximum absolute atomic E-state index is 11.2. The molecule has 0 saturated heterocycles. The van der Waals surface area contributed by atoms with Crippen molar-refractivity contribution < 1.29 is 14.6 Å². The Hall–Kier alpha value is -2.30. The van der Waals surface area contributed by atoms with Gasteiger partial charge in [0, 0.05) is 17.5 Å². The first kappa shape index (κ1) is 11.8. The van der Waals surface area contributed by atoms with Crippen LogP contribution in [0.3, 0.4) is 0 Å². The van der Waals surface area contributed by atoms with Crippen LogP contribution in [0.4, 0.5) is 0 Å². The molecule has 3 rings (SSSR count). The van der Waals surface area contributed by atoms with E-state index in [1.54, 1.807) is 0 Å². The van der Waals surface area contributed by atoms with E-state index in [1.165, 1.54) is 0 Å². The molecule has 0 aliphatic carbocycles. The first-order valence-corrected chi connectivity index (χ1v) is 6.13. The van der Waals surface area contributed by atoms with Gasteiger partial charge in [-0.1, -0.05) is 6.07 Å². The molecule has 98 valence electrons. The zero-order valence-electron chi connectivity index (χ0n) is 10.8. The minimum Gasteiger partial charge on any atom is -0.493 e. The van der Waals surface area contributed by atoms with Gasteiger partial charge in [-0.25, -0.2) is 4.79 Å². The average Bonchev–Trinajstić information content (AvgIpc) is 2.64. The van der Waals surface area contributed by atoms with E-state index in [1.807, 2.05) is 26.0 Å². The highest BCUT2D eigenvalue weighted by atomic mass is 16.5. The van der Waals surface area contributed by atoms with E-state index in [-0.39, 0.29) is 5.69 Å². The van der Waals surface area contributed by atoms with Gasteiger partial charge in [-0.15, -0.1) is 0 Å². The molecule has 0 atom stereocenters. The second-order valence-corrected chi connectivity index (χ2v) is 4.78. The number of ether oxygens (including phenoxy) is 1. The molecule has 1 aliphatic heterocycles. The van der Waals surface area contributed by atoms with Crippen LogP contribution in [0.15, 0.2) is 12.1 Å². The van der Waals surface area contributed by atoms with E-state index >= 15 is 0 Å². The Labute approximate surface area is 110 Å². The molecule has 0 saturated carbocycles. The number of aryl methyl sites for hydroxylation is 2. The molecule has 0 spiro atoms. The second kappa shape index (κ2) is 4.12. The zero-order chi connectivity index (χ0) is 13.6. The lowest BCUT2D eigenvalue weighted by Gasteiger charge is -2.10. The monoisotopic (exact) mass is 258 g/mol. The fourth-order valence-electron chi connectivity index (χ4n) is 2.60. The largest absolute Gasteiger partial charge is 0.493 e. The average molecular weight is 258 g/mol. The summed E-state index contributed by atoms with van der Waals surface area (Å²) in [6.45, 7) is 4.46. The SMILES string of the molecule is Cc1cc(C)c2c(c1)OCCc1c-2n[nH]c1C(=O)O. The normalized spacial score (nSPS) is 13.2. The summed E-state index contributed by atoms with van der Waals surface area (Å²) in [6.07, 6.45) is 0.542. The van der Waals surface area contributed by atoms with E-state index in [9.17, 15) is 9.90 Å². The van der Waals surface area contributed by atoms with Crippen molar-refractivity contribution in [3.8, 4) is 17.0 Å². The third-order valence-electron chi connectivity index (χ3n) is 3.37. The number of benzene rings is 1. The number of nitrogens with zero attached hydrogens (tertiary/aromatic N) is 1. The van der Waals surface area contributed by atoms with Crippen molar-refractivity contribution in [2.45, 2.75) is 20.3 Å². The van der Waals surface area contributed by atoms with Crippen LogP contribution in [-0.4, -0.2) is 27.9 Å². The van der Waals surface area contributed by atoms with Gasteiger partial charge in [0.15, 0.2) is 0 Å². The number of aromatic nitrogens is 2. The summed E-state index contributed by atoms with van der Waals surface area (Å²) in [4.78, 5) is 11.2. The number of nitrogens with one attached hydrogen (secondary N) is 1. The molecule has 1 aromatic carbocycles. The number of hydrogen-bond acceptors (Lipinski definition) is 3. The van der Waals surface area contributed by atoms with Gasteiger partial charge in [-0.05, 0) is 31.0 Å². The maximum atomic E-state index is 11.2. The smallest absolute Gasteiger partial charge is 0.354 e. The van der Waals surface area contributed by atoms with Crippen molar-refractivity contribution in [3.63, 3.8) is 0 Å². The number of rotatable bonds is 1. The third kappa shape index (κ3) is 1.78. The van der Waals surface area contributed by atoms with Crippen LogP contribution in [0.5, 0.6) is 5.75 Å². The van der Waals surface area contributed by atoms with Crippen LogP contribution >= 0.6 is 0 Å². The lowest BCUT2D eigenvalue weighted by atomic mass is 9.98. The lowest BCUT2D eigenvalue weighted by Crippen LogP contribution is -2.05. The molecule has 0 fully saturated rings. The summed E-state index contributed by atoms with van der Waals surface area (Å²) in [5.41, 5.74) is 4.63. The zero-order valence-corrected chi connectivity index (χ0v) is 10.8. The van der Waals surface area contributed by atoms with Gasteiger partial charge in [0.05, 0.1) is 6.61 Å². The van der Waals surface area contributed by atoms with Crippen LogP contribution < -0.4 is 4.74 Å². The van der Waals surface area contributed by atoms with E-state index in [2.05, 4.69) is 10.2 Å². The van der Waals surface area contributed by atoms with Crippen LogP contribution in [0.1, 0.15) is 27.2 Å². The molecule has 2 aromatic rings. The van der Waals surface area contributed by atoms with Crippen molar-refractivity contribution >= 4 is 5.97 Å². The highest BCUT2D eigenvalue weighted by Gasteiger charge is 2.25. The number of aromatic carboxylic acids is 1. The molecule has 5 heteroatoms. The van der Waals surface area contributed by atoms with Crippen LogP contribution in [0.25, 0.3) is 11.3 Å². The third-order valence-corrected chi connectivity index (χ3v) is 3.37. The van der Waals surface area contributed by atoms with E-state index in [0.29, 0.717) is 18.7 Å². The van der Waals surface area contributed by atoms with Gasteiger partial charge in [-0.3, -0.25) is 5.10 Å². The van der Waals surface area contributed by atoms with Crippen molar-refractivity contribution in [2.75, 3.05) is 6.61 Å². The molecule has 0 unspecified atom stereocenters. The molecular formula is C14H14N2O3. The molecule has 19 heavy (non-hydrogen) atoms. The van der Waals surface area contributed by atoms with Gasteiger partial charge >= 0.3 is 5.97 Å². The highest BCUT2D eigenvalue weighted by Crippen LogP contribution is 2.38. The lowest BCUT2D eigenvalue weighted by molar-refractivity contribution is 0.0689. The van der Waals surface area contributed by atoms with Gasteiger partial charge < -0.3 is 9.84 Å². The van der Waals surface area contributed by atoms with E-state index in [4.69, 9.17) is 4.74 Å². The number of carbonyl (C=O) groups is 1. The van der Waals surface area contributed by atoms with Crippen LogP contribution in [-0.2, 0) is 6.42 Å². The number of fused-ring (bicyclic) bond motifs is 3. The Morgan fingerprint density at radius 3 is 2.95 bits per heavy atom. The standard InChI is InChI=1S/C14H14N2O3/c1-7-5-8(2)11-10(6-7)19-4-3-9-12(11)15-16-13(9)14(17)18/h5-6H,3-4H2,1-2H3,(H,15,16)(H,17,18). The molecule has 0 bridgehead atoms. The van der Waals surface area contributed by atoms with E-state index in [0.717, 1.165) is 28.0 Å². The maximum Gasteiger partial charge on any atom is 0.354 e. The van der Waals surface area contributed by atoms with Crippen molar-refractivity contribution in [1.29, 1.82) is 0 Å². The first-order chi connectivity index (χ1) is 9.08. The molecule has 1 aromatic heterocycles. The number of hydrogen-bond donors (Lipinski definition) is 2. The molecule has 0 amide bonds. The van der Waals surface area contributed by atoms with Crippen LogP contribution in [0, 0.1) is 13.8 Å². The van der Waals surface area contributed by atoms with Gasteiger partial charge in [0.1, 0.15) is 17.1 Å².